The lowest BCUT2D eigenvalue weighted by atomic mass is 10.0. The number of nitrogens with one attached hydrogen (secondary N) is 1. The first-order valence-electron chi connectivity index (χ1n) is 9.48. The molecule has 0 aliphatic heterocycles. The third kappa shape index (κ3) is 4.80. The number of hydrogen-bond acceptors (Lipinski definition) is 1. The summed E-state index contributed by atoms with van der Waals surface area (Å²) < 4.78 is 0. The summed E-state index contributed by atoms with van der Waals surface area (Å²) in [5, 5.41) is 5.90. The molecule has 0 saturated heterocycles. The highest BCUT2D eigenvalue weighted by Gasteiger charge is 2.28. The summed E-state index contributed by atoms with van der Waals surface area (Å²) in [5.74, 6) is -0.0428. The van der Waals surface area contributed by atoms with Gasteiger partial charge in [0.25, 0.3) is 5.91 Å². The molecule has 28 heavy (non-hydrogen) atoms. The minimum absolute atomic E-state index is 0.0308. The van der Waals surface area contributed by atoms with E-state index in [2.05, 4.69) is 17.6 Å². The number of carbonyl (C=O) groups excluding carboxylic acids is 1. The Balaban J connectivity index is 1.88. The SMILES string of the molecule is Cc1ccc(C)c(NC(=O)[C@H]([NH2+][C@@H](C)c2ccccc2Cl)c2ccccc2)c1. The topological polar surface area (TPSA) is 45.7 Å². The van der Waals surface area contributed by atoms with Gasteiger partial charge in [0, 0.05) is 21.8 Å². The van der Waals surface area contributed by atoms with Crippen LogP contribution in [0.25, 0.3) is 0 Å². The van der Waals surface area contributed by atoms with E-state index in [1.54, 1.807) is 0 Å². The molecule has 3 nitrogen and oxygen atoms in total. The number of quaternary nitrogens is 1. The van der Waals surface area contributed by atoms with E-state index in [9.17, 15) is 4.79 Å². The number of amides is 1. The van der Waals surface area contributed by atoms with Crippen molar-refractivity contribution in [1.29, 1.82) is 0 Å². The highest BCUT2D eigenvalue weighted by Crippen LogP contribution is 2.22. The van der Waals surface area contributed by atoms with E-state index in [0.717, 1.165) is 27.9 Å². The van der Waals surface area contributed by atoms with Crippen molar-refractivity contribution in [2.24, 2.45) is 0 Å². The maximum absolute atomic E-state index is 13.3. The van der Waals surface area contributed by atoms with Crippen LogP contribution in [0, 0.1) is 13.8 Å². The Hall–Kier alpha value is -2.62. The molecule has 3 aromatic rings. The molecule has 3 N–H and O–H groups in total. The molecule has 0 fully saturated rings. The van der Waals surface area contributed by atoms with Gasteiger partial charge in [-0.3, -0.25) is 4.79 Å². The lowest BCUT2D eigenvalue weighted by molar-refractivity contribution is -0.718. The Kier molecular flexibility index (Phi) is 6.50. The Labute approximate surface area is 171 Å². The number of hydrogen-bond donors (Lipinski definition) is 2. The molecule has 2 atom stereocenters. The van der Waals surface area contributed by atoms with Gasteiger partial charge in [0.2, 0.25) is 0 Å². The molecule has 3 rings (SSSR count). The zero-order valence-corrected chi connectivity index (χ0v) is 17.2. The maximum atomic E-state index is 13.3. The predicted molar refractivity (Wildman–Crippen MR) is 116 cm³/mol. The van der Waals surface area contributed by atoms with Crippen LogP contribution in [-0.2, 0) is 4.79 Å². The minimum atomic E-state index is -0.382. The number of carbonyl (C=O) groups is 1. The summed E-state index contributed by atoms with van der Waals surface area (Å²) in [6, 6.07) is 23.4. The highest BCUT2D eigenvalue weighted by atomic mass is 35.5. The second kappa shape index (κ2) is 9.05. The van der Waals surface area contributed by atoms with Crippen LogP contribution in [0.3, 0.4) is 0 Å². The Morgan fingerprint density at radius 1 is 0.964 bits per heavy atom. The molecule has 0 heterocycles. The fraction of sp³-hybridized carbons (Fsp3) is 0.208. The Bertz CT molecular complexity index is 956. The number of nitrogens with two attached hydrogens (primary N) is 1. The van der Waals surface area contributed by atoms with E-state index in [1.165, 1.54) is 0 Å². The van der Waals surface area contributed by atoms with Crippen molar-refractivity contribution >= 4 is 23.2 Å². The van der Waals surface area contributed by atoms with Gasteiger partial charge >= 0.3 is 0 Å². The fourth-order valence-corrected chi connectivity index (χ4v) is 3.64. The van der Waals surface area contributed by atoms with Crippen molar-refractivity contribution in [1.82, 2.24) is 0 Å². The summed E-state index contributed by atoms with van der Waals surface area (Å²) in [4.78, 5) is 13.3. The number of halogens is 1. The van der Waals surface area contributed by atoms with Gasteiger partial charge in [-0.1, -0.05) is 72.3 Å². The monoisotopic (exact) mass is 393 g/mol. The summed E-state index contributed by atoms with van der Waals surface area (Å²) in [6.07, 6.45) is 0. The third-order valence-corrected chi connectivity index (χ3v) is 5.31. The highest BCUT2D eigenvalue weighted by molar-refractivity contribution is 6.31. The van der Waals surface area contributed by atoms with Gasteiger partial charge in [-0.2, -0.15) is 0 Å². The summed E-state index contributed by atoms with van der Waals surface area (Å²) in [7, 11) is 0. The summed E-state index contributed by atoms with van der Waals surface area (Å²) in [6.45, 7) is 6.10. The van der Waals surface area contributed by atoms with Crippen LogP contribution in [0.4, 0.5) is 5.69 Å². The molecule has 144 valence electrons. The lowest BCUT2D eigenvalue weighted by Gasteiger charge is -2.21. The van der Waals surface area contributed by atoms with Gasteiger partial charge in [-0.15, -0.1) is 0 Å². The third-order valence-electron chi connectivity index (χ3n) is 4.97. The zero-order chi connectivity index (χ0) is 20.1. The molecule has 0 radical (unpaired) electrons. The van der Waals surface area contributed by atoms with Crippen LogP contribution in [-0.4, -0.2) is 5.91 Å². The predicted octanol–water partition coefficient (Wildman–Crippen LogP) is 4.96. The first kappa shape index (κ1) is 20.1. The molecule has 3 aromatic carbocycles. The summed E-state index contributed by atoms with van der Waals surface area (Å²) in [5.41, 5.74) is 4.99. The van der Waals surface area contributed by atoms with Crippen LogP contribution >= 0.6 is 11.6 Å². The number of aryl methyl sites for hydroxylation is 2. The quantitative estimate of drug-likeness (QED) is 0.610. The van der Waals surface area contributed by atoms with Crippen molar-refractivity contribution in [2.45, 2.75) is 32.9 Å². The minimum Gasteiger partial charge on any atom is -0.326 e. The van der Waals surface area contributed by atoms with Crippen LogP contribution in [0.5, 0.6) is 0 Å². The number of rotatable bonds is 6. The van der Waals surface area contributed by atoms with E-state index < -0.39 is 0 Å². The van der Waals surface area contributed by atoms with Crippen molar-refractivity contribution in [3.05, 3.63) is 100 Å². The maximum Gasteiger partial charge on any atom is 0.287 e. The average Bonchev–Trinajstić information content (AvgIpc) is 2.69. The van der Waals surface area contributed by atoms with Crippen molar-refractivity contribution in [3.8, 4) is 0 Å². The Morgan fingerprint density at radius 3 is 2.36 bits per heavy atom. The number of anilines is 1. The largest absolute Gasteiger partial charge is 0.326 e. The van der Waals surface area contributed by atoms with Crippen LogP contribution < -0.4 is 10.6 Å². The Morgan fingerprint density at radius 2 is 1.64 bits per heavy atom. The number of benzene rings is 3. The van der Waals surface area contributed by atoms with Crippen molar-refractivity contribution in [2.75, 3.05) is 5.32 Å². The van der Waals surface area contributed by atoms with Crippen LogP contribution in [0.1, 0.15) is 41.3 Å². The molecule has 0 aromatic heterocycles. The second-order valence-electron chi connectivity index (χ2n) is 7.20. The van der Waals surface area contributed by atoms with Gasteiger partial charge in [-0.25, -0.2) is 0 Å². The van der Waals surface area contributed by atoms with E-state index in [-0.39, 0.29) is 18.0 Å². The van der Waals surface area contributed by atoms with Gasteiger partial charge < -0.3 is 10.6 Å². The van der Waals surface area contributed by atoms with Crippen molar-refractivity contribution < 1.29 is 10.1 Å². The van der Waals surface area contributed by atoms with E-state index in [4.69, 9.17) is 11.6 Å². The smallest absolute Gasteiger partial charge is 0.287 e. The summed E-state index contributed by atoms with van der Waals surface area (Å²) >= 11 is 6.38. The molecule has 0 unspecified atom stereocenters. The molecule has 0 saturated carbocycles. The van der Waals surface area contributed by atoms with Gasteiger partial charge in [0.15, 0.2) is 6.04 Å². The first-order chi connectivity index (χ1) is 13.5. The van der Waals surface area contributed by atoms with E-state index >= 15 is 0 Å². The standard InChI is InChI=1S/C24H25ClN2O/c1-16-13-14-17(2)22(15-16)27-24(28)23(19-9-5-4-6-10-19)26-18(3)20-11-7-8-12-21(20)25/h4-15,18,23,26H,1-3H3,(H,27,28)/p+1/t18-,23+/m0/s1. The second-order valence-corrected chi connectivity index (χ2v) is 7.61. The average molecular weight is 394 g/mol. The van der Waals surface area contributed by atoms with E-state index in [0.29, 0.717) is 5.02 Å². The molecule has 4 heteroatoms. The fourth-order valence-electron chi connectivity index (χ4n) is 3.33. The zero-order valence-electron chi connectivity index (χ0n) is 16.4. The van der Waals surface area contributed by atoms with Crippen LogP contribution in [0.2, 0.25) is 5.02 Å². The van der Waals surface area contributed by atoms with E-state index in [1.807, 2.05) is 86.6 Å². The molecular weight excluding hydrogens is 368 g/mol. The molecule has 0 spiro atoms. The van der Waals surface area contributed by atoms with Gasteiger partial charge in [0.05, 0.1) is 0 Å². The molecule has 1 amide bonds. The van der Waals surface area contributed by atoms with Gasteiger partial charge in [-0.05, 0) is 44.0 Å². The normalized spacial score (nSPS) is 13.0. The van der Waals surface area contributed by atoms with Crippen molar-refractivity contribution in [3.63, 3.8) is 0 Å². The van der Waals surface area contributed by atoms with Gasteiger partial charge in [0.1, 0.15) is 6.04 Å². The lowest BCUT2D eigenvalue weighted by Crippen LogP contribution is -2.87. The van der Waals surface area contributed by atoms with Crippen LogP contribution in [0.15, 0.2) is 72.8 Å². The molecule has 0 aliphatic rings. The molecule has 0 aliphatic carbocycles. The molecule has 0 bridgehead atoms. The molecular formula is C24H26ClN2O+. The first-order valence-corrected chi connectivity index (χ1v) is 9.86.